The highest BCUT2D eigenvalue weighted by atomic mass is 79.9. The third-order valence-electron chi connectivity index (χ3n) is 4.39. The SMILES string of the molecule is CC(N)C1CCCN(C(=O)c2cnn(-c3cccc(Br)c3)c2)C1. The van der Waals surface area contributed by atoms with E-state index in [1.165, 1.54) is 0 Å². The highest BCUT2D eigenvalue weighted by Gasteiger charge is 2.27. The lowest BCUT2D eigenvalue weighted by atomic mass is 9.92. The van der Waals surface area contributed by atoms with Gasteiger partial charge in [0.05, 0.1) is 17.4 Å². The Kier molecular flexibility index (Phi) is 4.82. The third-order valence-corrected chi connectivity index (χ3v) is 4.88. The second-order valence-electron chi connectivity index (χ2n) is 6.17. The Morgan fingerprint density at radius 1 is 1.48 bits per heavy atom. The van der Waals surface area contributed by atoms with Gasteiger partial charge in [-0.3, -0.25) is 4.79 Å². The van der Waals surface area contributed by atoms with Gasteiger partial charge in [-0.15, -0.1) is 0 Å². The van der Waals surface area contributed by atoms with E-state index < -0.39 is 0 Å². The Bertz CT molecular complexity index is 697. The quantitative estimate of drug-likeness (QED) is 0.895. The van der Waals surface area contributed by atoms with Crippen LogP contribution in [0.3, 0.4) is 0 Å². The molecule has 2 atom stereocenters. The molecule has 2 heterocycles. The van der Waals surface area contributed by atoms with Gasteiger partial charge in [0, 0.05) is 29.8 Å². The molecule has 6 heteroatoms. The van der Waals surface area contributed by atoms with Crippen molar-refractivity contribution in [2.75, 3.05) is 13.1 Å². The zero-order chi connectivity index (χ0) is 16.4. The van der Waals surface area contributed by atoms with E-state index in [1.807, 2.05) is 36.1 Å². The van der Waals surface area contributed by atoms with Crippen molar-refractivity contribution in [1.82, 2.24) is 14.7 Å². The first-order valence-electron chi connectivity index (χ1n) is 7.90. The molecule has 122 valence electrons. The van der Waals surface area contributed by atoms with E-state index in [9.17, 15) is 4.79 Å². The van der Waals surface area contributed by atoms with E-state index in [2.05, 4.69) is 21.0 Å². The summed E-state index contributed by atoms with van der Waals surface area (Å²) in [5.74, 6) is 0.421. The monoisotopic (exact) mass is 376 g/mol. The van der Waals surface area contributed by atoms with Crippen LogP contribution in [-0.2, 0) is 0 Å². The minimum Gasteiger partial charge on any atom is -0.338 e. The van der Waals surface area contributed by atoms with Crippen LogP contribution < -0.4 is 5.73 Å². The molecule has 2 unspecified atom stereocenters. The summed E-state index contributed by atoms with van der Waals surface area (Å²) in [6.45, 7) is 3.55. The molecule has 0 radical (unpaired) electrons. The molecule has 1 aliphatic heterocycles. The van der Waals surface area contributed by atoms with E-state index in [4.69, 9.17) is 5.73 Å². The van der Waals surface area contributed by atoms with Crippen LogP contribution in [-0.4, -0.2) is 39.7 Å². The number of rotatable bonds is 3. The number of likely N-dealkylation sites (tertiary alicyclic amines) is 1. The number of nitrogens with zero attached hydrogens (tertiary/aromatic N) is 3. The second-order valence-corrected chi connectivity index (χ2v) is 7.08. The summed E-state index contributed by atoms with van der Waals surface area (Å²) in [4.78, 5) is 14.6. The lowest BCUT2D eigenvalue weighted by Gasteiger charge is -2.34. The van der Waals surface area contributed by atoms with Gasteiger partial charge in [0.15, 0.2) is 0 Å². The van der Waals surface area contributed by atoms with E-state index in [0.717, 1.165) is 36.1 Å². The molecule has 0 spiro atoms. The fourth-order valence-corrected chi connectivity index (χ4v) is 3.39. The first-order valence-corrected chi connectivity index (χ1v) is 8.69. The summed E-state index contributed by atoms with van der Waals surface area (Å²) in [5.41, 5.74) is 7.55. The number of halogens is 1. The highest BCUT2D eigenvalue weighted by molar-refractivity contribution is 9.10. The van der Waals surface area contributed by atoms with Crippen molar-refractivity contribution >= 4 is 21.8 Å². The minimum atomic E-state index is 0.0385. The van der Waals surface area contributed by atoms with Crippen LogP contribution in [0.2, 0.25) is 0 Å². The molecule has 1 aromatic carbocycles. The Morgan fingerprint density at radius 3 is 3.04 bits per heavy atom. The van der Waals surface area contributed by atoms with Crippen LogP contribution in [0.5, 0.6) is 0 Å². The van der Waals surface area contributed by atoms with E-state index in [0.29, 0.717) is 11.5 Å². The molecule has 1 fully saturated rings. The Hall–Kier alpha value is -1.66. The van der Waals surface area contributed by atoms with Gasteiger partial charge >= 0.3 is 0 Å². The molecule has 3 rings (SSSR count). The Morgan fingerprint density at radius 2 is 2.30 bits per heavy atom. The van der Waals surface area contributed by atoms with E-state index in [-0.39, 0.29) is 11.9 Å². The Balaban J connectivity index is 1.76. The van der Waals surface area contributed by atoms with Gasteiger partial charge < -0.3 is 10.6 Å². The number of hydrogen-bond donors (Lipinski definition) is 1. The first kappa shape index (κ1) is 16.2. The predicted molar refractivity (Wildman–Crippen MR) is 93.5 cm³/mol. The minimum absolute atomic E-state index is 0.0385. The molecule has 5 nitrogen and oxygen atoms in total. The molecule has 0 bridgehead atoms. The lowest BCUT2D eigenvalue weighted by molar-refractivity contribution is 0.0661. The molecule has 0 aliphatic carbocycles. The fraction of sp³-hybridized carbons (Fsp3) is 0.412. The standard InChI is InChI=1S/C17H21BrN4O/c1-12(19)13-4-3-7-21(10-13)17(23)14-9-20-22(11-14)16-6-2-5-15(18)8-16/h2,5-6,8-9,11-13H,3-4,7,10,19H2,1H3. The number of carbonyl (C=O) groups excluding carboxylic acids is 1. The van der Waals surface area contributed by atoms with Crippen LogP contribution in [0.1, 0.15) is 30.1 Å². The smallest absolute Gasteiger partial charge is 0.257 e. The highest BCUT2D eigenvalue weighted by Crippen LogP contribution is 2.21. The molecule has 2 N–H and O–H groups in total. The van der Waals surface area contributed by atoms with Crippen LogP contribution in [0.4, 0.5) is 0 Å². The van der Waals surface area contributed by atoms with Crippen LogP contribution in [0.15, 0.2) is 41.1 Å². The van der Waals surface area contributed by atoms with Crippen molar-refractivity contribution in [3.8, 4) is 5.69 Å². The average Bonchev–Trinajstić information content (AvgIpc) is 3.04. The van der Waals surface area contributed by atoms with Gasteiger partial charge in [-0.05, 0) is 43.9 Å². The molecule has 1 saturated heterocycles. The number of aromatic nitrogens is 2. The van der Waals surface area contributed by atoms with Crippen LogP contribution >= 0.6 is 15.9 Å². The van der Waals surface area contributed by atoms with E-state index in [1.54, 1.807) is 17.1 Å². The van der Waals surface area contributed by atoms with Crippen molar-refractivity contribution in [3.63, 3.8) is 0 Å². The summed E-state index contributed by atoms with van der Waals surface area (Å²) in [6.07, 6.45) is 5.54. The van der Waals surface area contributed by atoms with Crippen LogP contribution in [0.25, 0.3) is 5.69 Å². The maximum atomic E-state index is 12.7. The zero-order valence-electron chi connectivity index (χ0n) is 13.2. The Labute approximate surface area is 144 Å². The third kappa shape index (κ3) is 3.64. The number of nitrogens with two attached hydrogens (primary N) is 1. The summed E-state index contributed by atoms with van der Waals surface area (Å²) < 4.78 is 2.71. The second kappa shape index (κ2) is 6.84. The van der Waals surface area contributed by atoms with Gasteiger partial charge in [0.2, 0.25) is 0 Å². The number of amides is 1. The first-order chi connectivity index (χ1) is 11.0. The maximum absolute atomic E-state index is 12.7. The van der Waals surface area contributed by atoms with Gasteiger partial charge in [-0.25, -0.2) is 4.68 Å². The number of hydrogen-bond acceptors (Lipinski definition) is 3. The van der Waals surface area contributed by atoms with Gasteiger partial charge in [0.25, 0.3) is 5.91 Å². The summed E-state index contributed by atoms with van der Waals surface area (Å²) in [6, 6.07) is 7.95. The topological polar surface area (TPSA) is 64.2 Å². The fourth-order valence-electron chi connectivity index (χ4n) is 3.00. The molecule has 23 heavy (non-hydrogen) atoms. The van der Waals surface area contributed by atoms with Gasteiger partial charge in [-0.1, -0.05) is 22.0 Å². The lowest BCUT2D eigenvalue weighted by Crippen LogP contribution is -2.45. The molecule has 1 amide bonds. The summed E-state index contributed by atoms with van der Waals surface area (Å²) in [5, 5.41) is 4.32. The number of piperidine rings is 1. The summed E-state index contributed by atoms with van der Waals surface area (Å²) in [7, 11) is 0. The molecule has 0 saturated carbocycles. The van der Waals surface area contributed by atoms with Gasteiger partial charge in [0.1, 0.15) is 0 Å². The van der Waals surface area contributed by atoms with Crippen molar-refractivity contribution in [2.45, 2.75) is 25.8 Å². The average molecular weight is 377 g/mol. The largest absolute Gasteiger partial charge is 0.338 e. The predicted octanol–water partition coefficient (Wildman–Crippen LogP) is 2.83. The van der Waals surface area contributed by atoms with Gasteiger partial charge in [-0.2, -0.15) is 5.10 Å². The molecular weight excluding hydrogens is 356 g/mol. The maximum Gasteiger partial charge on any atom is 0.257 e. The molecular formula is C17H21BrN4O. The van der Waals surface area contributed by atoms with Crippen LogP contribution in [0, 0.1) is 5.92 Å². The van der Waals surface area contributed by atoms with Crippen molar-refractivity contribution in [2.24, 2.45) is 11.7 Å². The summed E-state index contributed by atoms with van der Waals surface area (Å²) >= 11 is 3.45. The van der Waals surface area contributed by atoms with Crippen molar-refractivity contribution in [1.29, 1.82) is 0 Å². The normalized spacial score (nSPS) is 19.6. The molecule has 1 aliphatic rings. The number of benzene rings is 1. The number of carbonyl (C=O) groups is 1. The van der Waals surface area contributed by atoms with Crippen molar-refractivity contribution in [3.05, 3.63) is 46.7 Å². The van der Waals surface area contributed by atoms with Crippen molar-refractivity contribution < 1.29 is 4.79 Å². The zero-order valence-corrected chi connectivity index (χ0v) is 14.7. The van der Waals surface area contributed by atoms with E-state index >= 15 is 0 Å². The molecule has 2 aromatic rings. The molecule has 1 aromatic heterocycles.